The fraction of sp³-hybridized carbons (Fsp3) is 0.579. The number of carbonyl (C=O) groups is 2. The minimum absolute atomic E-state index is 0. The molecule has 0 radical (unpaired) electrons. The Morgan fingerprint density at radius 2 is 1.82 bits per heavy atom. The van der Waals surface area contributed by atoms with E-state index < -0.39 is 5.54 Å². The van der Waals surface area contributed by atoms with E-state index >= 15 is 0 Å². The molecule has 158 valence electrons. The quantitative estimate of drug-likeness (QED) is 0.655. The van der Waals surface area contributed by atoms with E-state index in [-0.39, 0.29) is 42.5 Å². The van der Waals surface area contributed by atoms with Crippen LogP contribution in [0.4, 0.5) is 5.69 Å². The molecule has 28 heavy (non-hydrogen) atoms. The number of halogens is 2. The summed E-state index contributed by atoms with van der Waals surface area (Å²) in [6.07, 6.45) is 2.94. The highest BCUT2D eigenvalue weighted by Crippen LogP contribution is 2.22. The van der Waals surface area contributed by atoms with Crippen LogP contribution in [0.1, 0.15) is 31.2 Å². The van der Waals surface area contributed by atoms with Gasteiger partial charge in [0.1, 0.15) is 5.54 Å². The van der Waals surface area contributed by atoms with Gasteiger partial charge in [-0.25, -0.2) is 0 Å². The molecule has 9 heteroatoms. The number of likely N-dealkylation sites (tertiary alicyclic amines) is 1. The van der Waals surface area contributed by atoms with E-state index in [9.17, 15) is 9.59 Å². The number of carbonyl (C=O) groups excluding carboxylic acids is 2. The van der Waals surface area contributed by atoms with Crippen LogP contribution in [0.2, 0.25) is 0 Å². The maximum absolute atomic E-state index is 12.4. The van der Waals surface area contributed by atoms with Crippen molar-refractivity contribution in [1.82, 2.24) is 4.90 Å². The minimum atomic E-state index is -0.853. The molecule has 0 aromatic heterocycles. The second-order valence-corrected chi connectivity index (χ2v) is 7.40. The Morgan fingerprint density at radius 1 is 1.18 bits per heavy atom. The highest BCUT2D eigenvalue weighted by Gasteiger charge is 2.35. The van der Waals surface area contributed by atoms with Crippen LogP contribution < -0.4 is 16.8 Å². The molecule has 1 aromatic rings. The van der Waals surface area contributed by atoms with Crippen molar-refractivity contribution < 1.29 is 14.3 Å². The molecular weight excluding hydrogens is 403 g/mol. The Morgan fingerprint density at radius 3 is 2.43 bits per heavy atom. The van der Waals surface area contributed by atoms with Crippen LogP contribution in [0, 0.1) is 5.92 Å². The Kier molecular flexibility index (Phi) is 9.66. The fourth-order valence-electron chi connectivity index (χ4n) is 3.60. The van der Waals surface area contributed by atoms with Crippen LogP contribution in [-0.2, 0) is 20.9 Å². The van der Waals surface area contributed by atoms with E-state index in [0.717, 1.165) is 37.2 Å². The summed E-state index contributed by atoms with van der Waals surface area (Å²) < 4.78 is 5.28. The number of ether oxygens (including phenoxy) is 1. The molecule has 2 amide bonds. The van der Waals surface area contributed by atoms with Crippen LogP contribution in [0.25, 0.3) is 0 Å². The molecule has 1 aromatic carbocycles. The van der Waals surface area contributed by atoms with E-state index in [1.54, 1.807) is 0 Å². The SMILES string of the molecule is Cl.Cl.NC(=O)C1CCCN(Cc2ccc(NC(=O)C3(N)CCOCC3)cc2)C1. The zero-order valence-electron chi connectivity index (χ0n) is 15.9. The molecule has 2 fully saturated rings. The molecule has 0 aliphatic carbocycles. The first-order chi connectivity index (χ1) is 12.5. The third kappa shape index (κ3) is 6.32. The molecule has 7 nitrogen and oxygen atoms in total. The Balaban J connectivity index is 0.00000196. The summed E-state index contributed by atoms with van der Waals surface area (Å²) in [5.74, 6) is -0.423. The minimum Gasteiger partial charge on any atom is -0.381 e. The van der Waals surface area contributed by atoms with Gasteiger partial charge in [0.15, 0.2) is 0 Å². The summed E-state index contributed by atoms with van der Waals surface area (Å²) in [6, 6.07) is 7.78. The summed E-state index contributed by atoms with van der Waals surface area (Å²) in [5, 5.41) is 2.91. The number of hydrogen-bond acceptors (Lipinski definition) is 5. The van der Waals surface area contributed by atoms with Crippen LogP contribution in [0.5, 0.6) is 0 Å². The van der Waals surface area contributed by atoms with Gasteiger partial charge in [0.05, 0.1) is 5.92 Å². The van der Waals surface area contributed by atoms with Crippen molar-refractivity contribution in [1.29, 1.82) is 0 Å². The lowest BCUT2D eigenvalue weighted by molar-refractivity contribution is -0.124. The van der Waals surface area contributed by atoms with E-state index in [2.05, 4.69) is 10.2 Å². The molecule has 0 saturated carbocycles. The molecule has 0 spiro atoms. The van der Waals surface area contributed by atoms with Gasteiger partial charge >= 0.3 is 0 Å². The van der Waals surface area contributed by atoms with Crippen molar-refractivity contribution in [3.8, 4) is 0 Å². The lowest BCUT2D eigenvalue weighted by atomic mass is 9.90. The van der Waals surface area contributed by atoms with Crippen LogP contribution in [0.3, 0.4) is 0 Å². The second-order valence-electron chi connectivity index (χ2n) is 7.40. The van der Waals surface area contributed by atoms with Crippen molar-refractivity contribution >= 4 is 42.3 Å². The van der Waals surface area contributed by atoms with E-state index in [1.165, 1.54) is 0 Å². The lowest BCUT2D eigenvalue weighted by Crippen LogP contribution is -2.54. The summed E-state index contributed by atoms with van der Waals surface area (Å²) >= 11 is 0. The molecule has 0 bridgehead atoms. The van der Waals surface area contributed by atoms with Gasteiger partial charge < -0.3 is 21.5 Å². The second kappa shape index (κ2) is 11.0. The highest BCUT2D eigenvalue weighted by atomic mass is 35.5. The van der Waals surface area contributed by atoms with Crippen molar-refractivity contribution in [3.63, 3.8) is 0 Å². The molecule has 2 aliphatic heterocycles. The maximum Gasteiger partial charge on any atom is 0.244 e. The van der Waals surface area contributed by atoms with Gasteiger partial charge in [-0.05, 0) is 49.9 Å². The first-order valence-corrected chi connectivity index (χ1v) is 9.25. The number of hydrogen-bond donors (Lipinski definition) is 3. The van der Waals surface area contributed by atoms with Gasteiger partial charge in [-0.1, -0.05) is 12.1 Å². The number of amides is 2. The topological polar surface area (TPSA) is 111 Å². The Bertz CT molecular complexity index is 651. The number of primary amides is 1. The number of nitrogens with zero attached hydrogens (tertiary/aromatic N) is 1. The van der Waals surface area contributed by atoms with Crippen LogP contribution >= 0.6 is 24.8 Å². The number of anilines is 1. The summed E-state index contributed by atoms with van der Waals surface area (Å²) in [7, 11) is 0. The van der Waals surface area contributed by atoms with Crippen LogP contribution in [0.15, 0.2) is 24.3 Å². The smallest absolute Gasteiger partial charge is 0.244 e. The van der Waals surface area contributed by atoms with Gasteiger partial charge in [-0.15, -0.1) is 24.8 Å². The molecule has 2 saturated heterocycles. The monoisotopic (exact) mass is 432 g/mol. The number of rotatable bonds is 5. The number of nitrogens with two attached hydrogens (primary N) is 2. The number of nitrogens with one attached hydrogen (secondary N) is 1. The molecular formula is C19H30Cl2N4O3. The molecule has 3 rings (SSSR count). The maximum atomic E-state index is 12.4. The van der Waals surface area contributed by atoms with Gasteiger partial charge in [-0.2, -0.15) is 0 Å². The normalized spacial score (nSPS) is 21.7. The first-order valence-electron chi connectivity index (χ1n) is 9.25. The third-order valence-corrected chi connectivity index (χ3v) is 5.36. The van der Waals surface area contributed by atoms with E-state index in [4.69, 9.17) is 16.2 Å². The molecule has 1 unspecified atom stereocenters. The predicted molar refractivity (Wildman–Crippen MR) is 114 cm³/mol. The first kappa shape index (κ1) is 24.7. The van der Waals surface area contributed by atoms with Crippen molar-refractivity contribution in [3.05, 3.63) is 29.8 Å². The summed E-state index contributed by atoms with van der Waals surface area (Å²) in [6.45, 7) is 3.50. The largest absolute Gasteiger partial charge is 0.381 e. The van der Waals surface area contributed by atoms with Crippen molar-refractivity contribution in [2.75, 3.05) is 31.6 Å². The Hall–Kier alpha value is -1.38. The van der Waals surface area contributed by atoms with Gasteiger partial charge in [0.2, 0.25) is 11.8 Å². The molecule has 2 heterocycles. The third-order valence-electron chi connectivity index (χ3n) is 5.36. The summed E-state index contributed by atoms with van der Waals surface area (Å²) in [4.78, 5) is 26.1. The highest BCUT2D eigenvalue weighted by molar-refractivity contribution is 5.98. The zero-order valence-corrected chi connectivity index (χ0v) is 17.5. The lowest BCUT2D eigenvalue weighted by Gasteiger charge is -2.32. The van der Waals surface area contributed by atoms with Gasteiger partial charge in [0.25, 0.3) is 0 Å². The molecule has 2 aliphatic rings. The standard InChI is InChI=1S/C19H28N4O3.2ClH/c20-17(24)15-2-1-9-23(13-15)12-14-3-5-16(6-4-14)22-18(25)19(21)7-10-26-11-8-19;;/h3-6,15H,1-2,7-13,21H2,(H2,20,24)(H,22,25);2*1H. The molecule has 1 atom stereocenters. The van der Waals surface area contributed by atoms with Crippen molar-refractivity contribution in [2.45, 2.75) is 37.8 Å². The number of piperidine rings is 1. The van der Waals surface area contributed by atoms with Gasteiger partial charge in [-0.3, -0.25) is 14.5 Å². The average molecular weight is 433 g/mol. The molecule has 5 N–H and O–H groups in total. The van der Waals surface area contributed by atoms with Gasteiger partial charge in [0, 0.05) is 32.0 Å². The number of benzene rings is 1. The Labute approximate surface area is 178 Å². The summed E-state index contributed by atoms with van der Waals surface area (Å²) in [5.41, 5.74) is 12.7. The van der Waals surface area contributed by atoms with E-state index in [1.807, 2.05) is 24.3 Å². The zero-order chi connectivity index (χ0) is 18.6. The van der Waals surface area contributed by atoms with Crippen LogP contribution in [-0.4, -0.2) is 48.6 Å². The fourth-order valence-corrected chi connectivity index (χ4v) is 3.60. The average Bonchev–Trinajstić information content (AvgIpc) is 2.64. The van der Waals surface area contributed by atoms with Crippen molar-refractivity contribution in [2.24, 2.45) is 17.4 Å². The predicted octanol–water partition coefficient (Wildman–Crippen LogP) is 1.67. The van der Waals surface area contributed by atoms with E-state index in [0.29, 0.717) is 32.6 Å².